The SMILES string of the molecule is COc1c(-c2cccc3c(C(=O)c4cc(F)c(F)c(F)c4)c[nH]c23)c(C)cc2c1nc(C)n2C. The van der Waals surface area contributed by atoms with Gasteiger partial charge in [-0.05, 0) is 37.6 Å². The van der Waals surface area contributed by atoms with Gasteiger partial charge in [0, 0.05) is 40.9 Å². The van der Waals surface area contributed by atoms with Gasteiger partial charge in [0.15, 0.2) is 29.0 Å². The number of hydrogen-bond donors (Lipinski definition) is 1. The van der Waals surface area contributed by atoms with Gasteiger partial charge < -0.3 is 14.3 Å². The number of rotatable bonds is 4. The number of aryl methyl sites for hydroxylation is 3. The average molecular weight is 463 g/mol. The van der Waals surface area contributed by atoms with Crippen LogP contribution in [0, 0.1) is 31.3 Å². The van der Waals surface area contributed by atoms with Crippen molar-refractivity contribution in [2.45, 2.75) is 13.8 Å². The smallest absolute Gasteiger partial charge is 0.195 e. The maximum Gasteiger partial charge on any atom is 0.195 e. The maximum atomic E-state index is 13.7. The number of carbonyl (C=O) groups excluding carboxylic acids is 1. The predicted octanol–water partition coefficient (Wildman–Crippen LogP) is 6.00. The number of aromatic nitrogens is 3. The Morgan fingerprint density at radius 1 is 1.09 bits per heavy atom. The molecule has 0 amide bonds. The van der Waals surface area contributed by atoms with Crippen molar-refractivity contribution in [2.24, 2.45) is 7.05 Å². The molecule has 3 aromatic carbocycles. The number of halogens is 3. The molecule has 1 N–H and O–H groups in total. The highest BCUT2D eigenvalue weighted by Gasteiger charge is 2.23. The van der Waals surface area contributed by atoms with Crippen LogP contribution in [-0.4, -0.2) is 27.4 Å². The maximum absolute atomic E-state index is 13.7. The quantitative estimate of drug-likeness (QED) is 0.263. The number of imidazole rings is 1. The number of H-pyrrole nitrogens is 1. The normalized spacial score (nSPS) is 11.5. The van der Waals surface area contributed by atoms with Gasteiger partial charge in [0.25, 0.3) is 0 Å². The van der Waals surface area contributed by atoms with E-state index >= 15 is 0 Å². The minimum absolute atomic E-state index is 0.216. The minimum Gasteiger partial charge on any atom is -0.494 e. The second-order valence-electron chi connectivity index (χ2n) is 8.20. The highest BCUT2D eigenvalue weighted by molar-refractivity contribution is 6.18. The minimum atomic E-state index is -1.61. The first kappa shape index (κ1) is 21.8. The third kappa shape index (κ3) is 3.09. The van der Waals surface area contributed by atoms with E-state index in [-0.39, 0.29) is 11.1 Å². The van der Waals surface area contributed by atoms with Gasteiger partial charge in [-0.2, -0.15) is 0 Å². The van der Waals surface area contributed by atoms with Crippen molar-refractivity contribution >= 4 is 27.7 Å². The molecule has 0 aliphatic carbocycles. The number of nitrogens with one attached hydrogen (secondary N) is 1. The molecule has 5 aromatic rings. The lowest BCUT2D eigenvalue weighted by molar-refractivity contribution is 0.103. The van der Waals surface area contributed by atoms with E-state index in [1.807, 2.05) is 37.6 Å². The number of hydrogen-bond acceptors (Lipinski definition) is 3. The number of nitrogens with zero attached hydrogens (tertiary/aromatic N) is 2. The van der Waals surface area contributed by atoms with Gasteiger partial charge >= 0.3 is 0 Å². The van der Waals surface area contributed by atoms with Crippen LogP contribution in [0.1, 0.15) is 27.3 Å². The van der Waals surface area contributed by atoms with Gasteiger partial charge in [0.05, 0.1) is 18.1 Å². The van der Waals surface area contributed by atoms with E-state index < -0.39 is 23.2 Å². The Labute approximate surface area is 192 Å². The van der Waals surface area contributed by atoms with Crippen molar-refractivity contribution in [1.82, 2.24) is 14.5 Å². The number of methoxy groups -OCH3 is 1. The zero-order chi connectivity index (χ0) is 24.3. The number of benzene rings is 3. The van der Waals surface area contributed by atoms with Gasteiger partial charge in [-0.1, -0.05) is 18.2 Å². The molecule has 172 valence electrons. The lowest BCUT2D eigenvalue weighted by Crippen LogP contribution is -2.04. The highest BCUT2D eigenvalue weighted by atomic mass is 19.2. The first-order valence-corrected chi connectivity index (χ1v) is 10.5. The van der Waals surface area contributed by atoms with E-state index in [1.54, 1.807) is 19.2 Å². The van der Waals surface area contributed by atoms with Crippen LogP contribution in [0.15, 0.2) is 42.6 Å². The van der Waals surface area contributed by atoms with Crippen LogP contribution in [-0.2, 0) is 7.05 Å². The second kappa shape index (κ2) is 7.76. The topological polar surface area (TPSA) is 59.9 Å². The van der Waals surface area contributed by atoms with Crippen molar-refractivity contribution in [3.63, 3.8) is 0 Å². The molecule has 2 aromatic heterocycles. The molecule has 5 nitrogen and oxygen atoms in total. The Morgan fingerprint density at radius 2 is 1.79 bits per heavy atom. The van der Waals surface area contributed by atoms with E-state index in [2.05, 4.69) is 9.97 Å². The summed E-state index contributed by atoms with van der Waals surface area (Å²) in [7, 11) is 3.52. The van der Waals surface area contributed by atoms with Crippen LogP contribution in [0.25, 0.3) is 33.1 Å². The van der Waals surface area contributed by atoms with E-state index in [9.17, 15) is 18.0 Å². The number of fused-ring (bicyclic) bond motifs is 2. The van der Waals surface area contributed by atoms with Gasteiger partial charge in [-0.3, -0.25) is 4.79 Å². The Balaban J connectivity index is 1.72. The third-order valence-corrected chi connectivity index (χ3v) is 6.23. The van der Waals surface area contributed by atoms with Crippen LogP contribution >= 0.6 is 0 Å². The van der Waals surface area contributed by atoms with Gasteiger partial charge in [-0.25, -0.2) is 18.2 Å². The summed E-state index contributed by atoms with van der Waals surface area (Å²) in [4.78, 5) is 20.9. The zero-order valence-corrected chi connectivity index (χ0v) is 18.9. The Morgan fingerprint density at radius 3 is 2.47 bits per heavy atom. The van der Waals surface area contributed by atoms with Crippen molar-refractivity contribution < 1.29 is 22.7 Å². The summed E-state index contributed by atoms with van der Waals surface area (Å²) in [5.74, 6) is -3.61. The molecule has 0 spiro atoms. The van der Waals surface area contributed by atoms with Crippen molar-refractivity contribution in [1.29, 1.82) is 0 Å². The molecular weight excluding hydrogens is 443 g/mol. The summed E-state index contributed by atoms with van der Waals surface area (Å²) in [6.07, 6.45) is 1.49. The lowest BCUT2D eigenvalue weighted by atomic mass is 9.95. The van der Waals surface area contributed by atoms with E-state index in [0.717, 1.165) is 33.5 Å². The molecular formula is C26H20F3N3O2. The van der Waals surface area contributed by atoms with Crippen LogP contribution in [0.3, 0.4) is 0 Å². The number of ketones is 1. The Bertz CT molecular complexity index is 1610. The molecule has 8 heteroatoms. The summed E-state index contributed by atoms with van der Waals surface area (Å²) in [6.45, 7) is 3.89. The van der Waals surface area contributed by atoms with Gasteiger partial charge in [0.2, 0.25) is 0 Å². The number of aromatic amines is 1. The van der Waals surface area contributed by atoms with Crippen molar-refractivity contribution in [2.75, 3.05) is 7.11 Å². The molecule has 2 heterocycles. The van der Waals surface area contributed by atoms with Gasteiger partial charge in [-0.15, -0.1) is 0 Å². The molecule has 0 radical (unpaired) electrons. The number of carbonyl (C=O) groups is 1. The third-order valence-electron chi connectivity index (χ3n) is 6.23. The predicted molar refractivity (Wildman–Crippen MR) is 124 cm³/mol. The fraction of sp³-hybridized carbons (Fsp3) is 0.154. The summed E-state index contributed by atoms with van der Waals surface area (Å²) in [5.41, 5.74) is 4.81. The van der Waals surface area contributed by atoms with Crippen LogP contribution in [0.4, 0.5) is 13.2 Å². The monoisotopic (exact) mass is 463 g/mol. The van der Waals surface area contributed by atoms with Gasteiger partial charge in [0.1, 0.15) is 11.3 Å². The Hall–Kier alpha value is -4.07. The van der Waals surface area contributed by atoms with Crippen LogP contribution < -0.4 is 4.74 Å². The zero-order valence-electron chi connectivity index (χ0n) is 18.9. The summed E-state index contributed by atoms with van der Waals surface area (Å²) >= 11 is 0. The summed E-state index contributed by atoms with van der Waals surface area (Å²) in [6, 6.07) is 8.87. The first-order chi connectivity index (χ1) is 16.2. The van der Waals surface area contributed by atoms with Crippen molar-refractivity contribution in [3.8, 4) is 16.9 Å². The molecule has 0 aliphatic heterocycles. The molecule has 0 saturated heterocycles. The summed E-state index contributed by atoms with van der Waals surface area (Å²) in [5, 5.41) is 0.561. The molecule has 5 rings (SSSR count). The largest absolute Gasteiger partial charge is 0.494 e. The lowest BCUT2D eigenvalue weighted by Gasteiger charge is -2.14. The van der Waals surface area contributed by atoms with E-state index in [0.29, 0.717) is 28.8 Å². The van der Waals surface area contributed by atoms with E-state index in [1.165, 1.54) is 6.20 Å². The van der Waals surface area contributed by atoms with Crippen molar-refractivity contribution in [3.05, 3.63) is 82.6 Å². The van der Waals surface area contributed by atoms with Crippen LogP contribution in [0.5, 0.6) is 5.75 Å². The average Bonchev–Trinajstić information content (AvgIpc) is 3.37. The standard InChI is InChI=1S/C26H20F3N3O2/c1-12-8-20-24(31-13(2)32(20)3)26(34-4)21(12)16-7-5-6-15-17(11-30-23(15)16)25(33)14-9-18(27)22(29)19(28)10-14/h5-11,30H,1-4H3. The molecule has 34 heavy (non-hydrogen) atoms. The fourth-order valence-electron chi connectivity index (χ4n) is 4.46. The second-order valence-corrected chi connectivity index (χ2v) is 8.20. The molecule has 0 saturated carbocycles. The fourth-order valence-corrected chi connectivity index (χ4v) is 4.46. The molecule has 0 unspecified atom stereocenters. The molecule has 0 bridgehead atoms. The van der Waals surface area contributed by atoms with Crippen LogP contribution in [0.2, 0.25) is 0 Å². The highest BCUT2D eigenvalue weighted by Crippen LogP contribution is 2.42. The van der Waals surface area contributed by atoms with E-state index in [4.69, 9.17) is 4.74 Å². The number of para-hydroxylation sites is 1. The Kier molecular flexibility index (Phi) is 4.97. The number of ether oxygens (including phenoxy) is 1. The molecule has 0 aliphatic rings. The molecule has 0 fully saturated rings. The summed E-state index contributed by atoms with van der Waals surface area (Å²) < 4.78 is 48.6. The molecule has 0 atom stereocenters. The first-order valence-electron chi connectivity index (χ1n) is 10.5.